The van der Waals surface area contributed by atoms with Gasteiger partial charge in [-0.25, -0.2) is 4.98 Å². The van der Waals surface area contributed by atoms with E-state index in [4.69, 9.17) is 14.1 Å². The van der Waals surface area contributed by atoms with Crippen molar-refractivity contribution in [3.8, 4) is 11.6 Å². The summed E-state index contributed by atoms with van der Waals surface area (Å²) in [7, 11) is 0. The Morgan fingerprint density at radius 1 is 1.08 bits per heavy atom. The Kier molecular flexibility index (Phi) is 6.61. The van der Waals surface area contributed by atoms with Crippen LogP contribution in [0.4, 0.5) is 24.9 Å². The van der Waals surface area contributed by atoms with Crippen LogP contribution in [0.1, 0.15) is 21.6 Å². The second kappa shape index (κ2) is 10.2. The topological polar surface area (TPSA) is 106 Å². The van der Waals surface area contributed by atoms with Crippen LogP contribution in [0.5, 0.6) is 0 Å². The molecule has 1 N–H and O–H groups in total. The molecule has 1 aromatic carbocycles. The number of ether oxygens (including phenoxy) is 1. The fourth-order valence-corrected chi connectivity index (χ4v) is 5.35. The normalized spacial score (nSPS) is 17.9. The van der Waals surface area contributed by atoms with Gasteiger partial charge in [0.25, 0.3) is 5.89 Å². The zero-order chi connectivity index (χ0) is 27.0. The number of alkyl halides is 3. The number of benzene rings is 1. The van der Waals surface area contributed by atoms with Gasteiger partial charge in [-0.2, -0.15) is 13.2 Å². The van der Waals surface area contributed by atoms with Crippen LogP contribution in [-0.2, 0) is 22.1 Å². The maximum atomic E-state index is 13.4. The minimum Gasteiger partial charge on any atom is -0.402 e. The second-order valence-electron chi connectivity index (χ2n) is 8.89. The van der Waals surface area contributed by atoms with E-state index in [0.717, 1.165) is 28.3 Å². The number of hydrogen-bond donors (Lipinski definition) is 1. The Hall–Kier alpha value is -4.10. The molecule has 13 heteroatoms. The van der Waals surface area contributed by atoms with E-state index in [9.17, 15) is 18.0 Å². The number of fused-ring (bicyclic) bond motifs is 1. The number of carbonyl (C=O) groups excluding carboxylic acids is 1. The molecule has 0 spiro atoms. The molecule has 2 aliphatic rings. The number of nitrogens with zero attached hydrogens (tertiary/aromatic N) is 5. The quantitative estimate of drug-likeness (QED) is 0.386. The zero-order valence-electron chi connectivity index (χ0n) is 20.3. The summed E-state index contributed by atoms with van der Waals surface area (Å²) in [5.74, 6) is -0.272. The molecule has 5 heterocycles. The summed E-state index contributed by atoms with van der Waals surface area (Å²) in [4.78, 5) is 24.5. The lowest BCUT2D eigenvalue weighted by molar-refractivity contribution is -0.137. The number of aromatic nitrogens is 3. The molecule has 0 amide bonds. The maximum Gasteiger partial charge on any atom is 0.417 e. The van der Waals surface area contributed by atoms with E-state index in [0.29, 0.717) is 32.0 Å². The highest BCUT2D eigenvalue weighted by Gasteiger charge is 2.34. The number of morpholine rings is 1. The minimum absolute atomic E-state index is 0.0832. The van der Waals surface area contributed by atoms with Gasteiger partial charge >= 0.3 is 12.2 Å². The number of aliphatic imine (C=N–C) groups is 1. The molecule has 1 fully saturated rings. The summed E-state index contributed by atoms with van der Waals surface area (Å²) in [5, 5.41) is 12.8. The van der Waals surface area contributed by atoms with Crippen molar-refractivity contribution < 1.29 is 27.1 Å². The van der Waals surface area contributed by atoms with Gasteiger partial charge in [-0.1, -0.05) is 35.4 Å². The fraction of sp³-hybridized carbons (Fsp3) is 0.269. The van der Waals surface area contributed by atoms with Crippen LogP contribution in [0.2, 0.25) is 0 Å². The average molecular weight is 555 g/mol. The lowest BCUT2D eigenvalue weighted by atomic mass is 10.0. The highest BCUT2D eigenvalue weighted by molar-refractivity contribution is 7.10. The molecule has 1 unspecified atom stereocenters. The van der Waals surface area contributed by atoms with E-state index in [1.165, 1.54) is 11.3 Å². The van der Waals surface area contributed by atoms with Crippen molar-refractivity contribution in [2.75, 3.05) is 36.5 Å². The van der Waals surface area contributed by atoms with E-state index in [2.05, 4.69) is 20.5 Å². The van der Waals surface area contributed by atoms with Crippen molar-refractivity contribution in [1.82, 2.24) is 15.2 Å². The van der Waals surface area contributed by atoms with E-state index < -0.39 is 17.9 Å². The first-order valence-corrected chi connectivity index (χ1v) is 13.0. The van der Waals surface area contributed by atoms with Gasteiger partial charge in [0.05, 0.1) is 30.2 Å². The molecule has 200 valence electrons. The molecule has 6 rings (SSSR count). The van der Waals surface area contributed by atoms with Crippen LogP contribution in [0.25, 0.3) is 11.6 Å². The number of nitrogens with one attached hydrogen (secondary N) is 1. The lowest BCUT2D eigenvalue weighted by Gasteiger charge is -2.30. The first-order chi connectivity index (χ1) is 18.9. The summed E-state index contributed by atoms with van der Waals surface area (Å²) in [6.07, 6.45) is -4.66. The number of anilines is 2. The number of hydrogen-bond acceptors (Lipinski definition) is 10. The van der Waals surface area contributed by atoms with Crippen molar-refractivity contribution in [3.05, 3.63) is 75.6 Å². The number of carbonyl (C=O) groups is 1. The van der Waals surface area contributed by atoms with E-state index in [1.54, 1.807) is 4.90 Å². The SMILES string of the molecule is O=C1Cc2sccc2C(c2ccccc2)=NC1Nc1nnc(-c2ncc(C(F)(F)F)cc2N2CCOCC2)o1. The molecule has 0 saturated carbocycles. The molecule has 2 aliphatic heterocycles. The summed E-state index contributed by atoms with van der Waals surface area (Å²) < 4.78 is 51.4. The number of rotatable bonds is 5. The maximum absolute atomic E-state index is 13.4. The van der Waals surface area contributed by atoms with Crippen LogP contribution in [0.3, 0.4) is 0 Å². The second-order valence-corrected chi connectivity index (χ2v) is 9.89. The number of pyridine rings is 1. The van der Waals surface area contributed by atoms with Gasteiger partial charge < -0.3 is 19.4 Å². The van der Waals surface area contributed by atoms with Crippen molar-refractivity contribution >= 4 is 34.5 Å². The third kappa shape index (κ3) is 5.14. The largest absolute Gasteiger partial charge is 0.417 e. The predicted octanol–water partition coefficient (Wildman–Crippen LogP) is 4.45. The first-order valence-electron chi connectivity index (χ1n) is 12.1. The summed E-state index contributed by atoms with van der Waals surface area (Å²) >= 11 is 1.49. The van der Waals surface area contributed by atoms with E-state index in [1.807, 2.05) is 41.8 Å². The van der Waals surface area contributed by atoms with Gasteiger partial charge in [-0.3, -0.25) is 9.79 Å². The van der Waals surface area contributed by atoms with Gasteiger partial charge in [0.2, 0.25) is 0 Å². The molecule has 1 atom stereocenters. The monoisotopic (exact) mass is 554 g/mol. The van der Waals surface area contributed by atoms with Gasteiger partial charge in [0.1, 0.15) is 0 Å². The molecule has 1 saturated heterocycles. The van der Waals surface area contributed by atoms with E-state index >= 15 is 0 Å². The third-order valence-corrected chi connectivity index (χ3v) is 7.30. The average Bonchev–Trinajstić information content (AvgIpc) is 3.58. The fourth-order valence-electron chi connectivity index (χ4n) is 4.47. The minimum atomic E-state index is -4.57. The van der Waals surface area contributed by atoms with Crippen LogP contribution in [-0.4, -0.2) is 59.1 Å². The van der Waals surface area contributed by atoms with E-state index in [-0.39, 0.29) is 35.5 Å². The Morgan fingerprint density at radius 3 is 2.64 bits per heavy atom. The Balaban J connectivity index is 1.33. The Bertz CT molecular complexity index is 1530. The molecule has 4 aromatic rings. The molecule has 0 bridgehead atoms. The van der Waals surface area contributed by atoms with Gasteiger partial charge in [0.15, 0.2) is 17.6 Å². The van der Waals surface area contributed by atoms with Crippen LogP contribution < -0.4 is 10.2 Å². The molecular formula is C26H21F3N6O3S. The molecule has 39 heavy (non-hydrogen) atoms. The molecule has 3 aromatic heterocycles. The van der Waals surface area contributed by atoms with Crippen LogP contribution >= 0.6 is 11.3 Å². The smallest absolute Gasteiger partial charge is 0.402 e. The number of Topliss-reactive ketones (excluding diaryl/α,β-unsaturated/α-hetero) is 1. The molecule has 0 aliphatic carbocycles. The molecule has 9 nitrogen and oxygen atoms in total. The van der Waals surface area contributed by atoms with Crippen molar-refractivity contribution in [2.45, 2.75) is 18.8 Å². The van der Waals surface area contributed by atoms with Crippen LogP contribution in [0, 0.1) is 0 Å². The molecule has 0 radical (unpaired) electrons. The van der Waals surface area contributed by atoms with Crippen LogP contribution in [0.15, 0.2) is 63.5 Å². The van der Waals surface area contributed by atoms with Gasteiger partial charge in [-0.05, 0) is 17.5 Å². The van der Waals surface area contributed by atoms with Gasteiger partial charge in [0, 0.05) is 41.7 Å². The van der Waals surface area contributed by atoms with Crippen molar-refractivity contribution in [1.29, 1.82) is 0 Å². The highest BCUT2D eigenvalue weighted by atomic mass is 32.1. The number of halogens is 3. The zero-order valence-corrected chi connectivity index (χ0v) is 21.1. The number of thiophene rings is 1. The summed E-state index contributed by atoms with van der Waals surface area (Å²) in [5.41, 5.74) is 1.84. The first kappa shape index (κ1) is 25.2. The lowest BCUT2D eigenvalue weighted by Crippen LogP contribution is -2.36. The summed E-state index contributed by atoms with van der Waals surface area (Å²) in [6.45, 7) is 1.49. The molecular weight excluding hydrogens is 533 g/mol. The Labute approximate surface area is 224 Å². The standard InChI is InChI=1S/C26H21F3N6O3S/c27-26(28,29)16-12-18(35-7-9-37-10-8-35)22(30-14-16)24-33-34-25(38-24)32-23-19(36)13-20-17(6-11-39-20)21(31-23)15-4-2-1-3-5-15/h1-6,11-12,14,23H,7-10,13H2,(H,32,34). The Morgan fingerprint density at radius 2 is 1.87 bits per heavy atom. The highest BCUT2D eigenvalue weighted by Crippen LogP contribution is 2.36. The van der Waals surface area contributed by atoms with Crippen molar-refractivity contribution in [2.24, 2.45) is 4.99 Å². The van der Waals surface area contributed by atoms with Gasteiger partial charge in [-0.15, -0.1) is 16.4 Å². The van der Waals surface area contributed by atoms with Crippen molar-refractivity contribution in [3.63, 3.8) is 0 Å². The number of ketones is 1. The third-order valence-electron chi connectivity index (χ3n) is 6.38. The predicted molar refractivity (Wildman–Crippen MR) is 138 cm³/mol. The summed E-state index contributed by atoms with van der Waals surface area (Å²) in [6, 6.07) is 12.4.